The summed E-state index contributed by atoms with van der Waals surface area (Å²) >= 11 is 0. The molecule has 1 fully saturated rings. The predicted octanol–water partition coefficient (Wildman–Crippen LogP) is 1.34. The fourth-order valence-electron chi connectivity index (χ4n) is 2.47. The second kappa shape index (κ2) is 11.8. The van der Waals surface area contributed by atoms with Gasteiger partial charge in [0.25, 0.3) is 0 Å². The van der Waals surface area contributed by atoms with Gasteiger partial charge < -0.3 is 18.9 Å². The summed E-state index contributed by atoms with van der Waals surface area (Å²) in [5.74, 6) is -1.89. The van der Waals surface area contributed by atoms with Crippen LogP contribution in [0.15, 0.2) is 24.3 Å². The Hall–Kier alpha value is -2.64. The SMILES string of the molecule is COC(=O)C=CC(=O)OCC1CCC(COC(=O)C=CC(=O)OC)CC1. The molecule has 0 N–H and O–H groups in total. The van der Waals surface area contributed by atoms with E-state index in [0.29, 0.717) is 13.2 Å². The van der Waals surface area contributed by atoms with E-state index < -0.39 is 23.9 Å². The van der Waals surface area contributed by atoms with Crippen LogP contribution >= 0.6 is 0 Å². The van der Waals surface area contributed by atoms with Crippen molar-refractivity contribution >= 4 is 23.9 Å². The van der Waals surface area contributed by atoms with Crippen LogP contribution in [0.1, 0.15) is 25.7 Å². The molecule has 0 atom stereocenters. The van der Waals surface area contributed by atoms with Crippen molar-refractivity contribution in [1.82, 2.24) is 0 Å². The van der Waals surface area contributed by atoms with Crippen molar-refractivity contribution in [2.75, 3.05) is 27.4 Å². The van der Waals surface area contributed by atoms with Crippen LogP contribution in [0.25, 0.3) is 0 Å². The molecule has 0 bridgehead atoms. The monoisotopic (exact) mass is 368 g/mol. The molecular formula is C18H24O8. The smallest absolute Gasteiger partial charge is 0.331 e. The van der Waals surface area contributed by atoms with Gasteiger partial charge in [-0.1, -0.05) is 0 Å². The topological polar surface area (TPSA) is 105 Å². The van der Waals surface area contributed by atoms with Crippen molar-refractivity contribution in [3.05, 3.63) is 24.3 Å². The average molecular weight is 368 g/mol. The van der Waals surface area contributed by atoms with Crippen LogP contribution in [-0.4, -0.2) is 51.3 Å². The molecule has 0 heterocycles. The van der Waals surface area contributed by atoms with Gasteiger partial charge in [-0.05, 0) is 37.5 Å². The van der Waals surface area contributed by atoms with Gasteiger partial charge in [-0.3, -0.25) is 0 Å². The molecule has 1 aliphatic carbocycles. The maximum atomic E-state index is 11.5. The highest BCUT2D eigenvalue weighted by Crippen LogP contribution is 2.29. The molecule has 26 heavy (non-hydrogen) atoms. The summed E-state index contributed by atoms with van der Waals surface area (Å²) in [6, 6.07) is 0. The Balaban J connectivity index is 2.20. The maximum Gasteiger partial charge on any atom is 0.331 e. The van der Waals surface area contributed by atoms with Crippen molar-refractivity contribution in [3.8, 4) is 0 Å². The molecule has 0 spiro atoms. The van der Waals surface area contributed by atoms with Crippen LogP contribution in [0.4, 0.5) is 0 Å². The van der Waals surface area contributed by atoms with Gasteiger partial charge >= 0.3 is 23.9 Å². The molecule has 0 unspecified atom stereocenters. The number of ether oxygens (including phenoxy) is 4. The van der Waals surface area contributed by atoms with Crippen LogP contribution in [0.5, 0.6) is 0 Å². The third-order valence-corrected chi connectivity index (χ3v) is 4.00. The molecule has 8 heteroatoms. The van der Waals surface area contributed by atoms with Crippen LogP contribution < -0.4 is 0 Å². The Kier molecular flexibility index (Phi) is 9.74. The number of hydrogen-bond donors (Lipinski definition) is 0. The molecular weight excluding hydrogens is 344 g/mol. The lowest BCUT2D eigenvalue weighted by atomic mass is 9.83. The molecule has 8 nitrogen and oxygen atoms in total. The summed E-state index contributed by atoms with van der Waals surface area (Å²) in [5, 5.41) is 0. The first-order valence-corrected chi connectivity index (χ1v) is 8.30. The van der Waals surface area contributed by atoms with Gasteiger partial charge in [0.15, 0.2) is 0 Å². The van der Waals surface area contributed by atoms with E-state index in [9.17, 15) is 19.2 Å². The zero-order chi connectivity index (χ0) is 19.4. The van der Waals surface area contributed by atoms with Gasteiger partial charge in [-0.15, -0.1) is 0 Å². The Morgan fingerprint density at radius 2 is 0.962 bits per heavy atom. The van der Waals surface area contributed by atoms with Gasteiger partial charge in [0.05, 0.1) is 27.4 Å². The first kappa shape index (κ1) is 21.4. The first-order chi connectivity index (χ1) is 12.4. The normalized spacial score (nSPS) is 19.9. The summed E-state index contributed by atoms with van der Waals surface area (Å²) < 4.78 is 19.0. The summed E-state index contributed by atoms with van der Waals surface area (Å²) in [6.45, 7) is 0.581. The first-order valence-electron chi connectivity index (χ1n) is 8.30. The van der Waals surface area contributed by atoms with Crippen molar-refractivity contribution in [1.29, 1.82) is 0 Å². The second-order valence-corrected chi connectivity index (χ2v) is 5.86. The summed E-state index contributed by atoms with van der Waals surface area (Å²) in [7, 11) is 2.45. The summed E-state index contributed by atoms with van der Waals surface area (Å²) in [6.07, 6.45) is 7.53. The molecule has 0 saturated heterocycles. The quantitative estimate of drug-likeness (QED) is 0.359. The second-order valence-electron chi connectivity index (χ2n) is 5.86. The highest BCUT2D eigenvalue weighted by molar-refractivity contribution is 5.92. The van der Waals surface area contributed by atoms with Gasteiger partial charge in [0.2, 0.25) is 0 Å². The van der Waals surface area contributed by atoms with E-state index in [1.807, 2.05) is 0 Å². The van der Waals surface area contributed by atoms with Crippen LogP contribution in [0, 0.1) is 11.8 Å². The van der Waals surface area contributed by atoms with E-state index in [1.54, 1.807) is 0 Å². The molecule has 0 amide bonds. The fraction of sp³-hybridized carbons (Fsp3) is 0.556. The van der Waals surface area contributed by atoms with Crippen molar-refractivity contribution in [2.45, 2.75) is 25.7 Å². The molecule has 0 aromatic rings. The van der Waals surface area contributed by atoms with Crippen molar-refractivity contribution < 1.29 is 38.1 Å². The Bertz CT molecular complexity index is 506. The third kappa shape index (κ3) is 9.00. The van der Waals surface area contributed by atoms with E-state index in [-0.39, 0.29) is 11.8 Å². The Labute approximate surface area is 152 Å². The lowest BCUT2D eigenvalue weighted by Crippen LogP contribution is -2.23. The third-order valence-electron chi connectivity index (χ3n) is 4.00. The van der Waals surface area contributed by atoms with E-state index >= 15 is 0 Å². The lowest BCUT2D eigenvalue weighted by molar-refractivity contribution is -0.142. The molecule has 1 aliphatic rings. The number of rotatable bonds is 8. The van der Waals surface area contributed by atoms with Gasteiger partial charge in [0, 0.05) is 24.3 Å². The van der Waals surface area contributed by atoms with E-state index in [1.165, 1.54) is 14.2 Å². The van der Waals surface area contributed by atoms with Gasteiger partial charge in [-0.25, -0.2) is 19.2 Å². The largest absolute Gasteiger partial charge is 0.466 e. The van der Waals surface area contributed by atoms with Crippen molar-refractivity contribution in [2.24, 2.45) is 11.8 Å². The number of methoxy groups -OCH3 is 2. The molecule has 1 rings (SSSR count). The lowest BCUT2D eigenvalue weighted by Gasteiger charge is -2.27. The minimum atomic E-state index is -0.613. The predicted molar refractivity (Wildman–Crippen MR) is 89.7 cm³/mol. The highest BCUT2D eigenvalue weighted by Gasteiger charge is 2.23. The van der Waals surface area contributed by atoms with E-state index in [4.69, 9.17) is 9.47 Å². The van der Waals surface area contributed by atoms with Crippen LogP contribution in [0.2, 0.25) is 0 Å². The summed E-state index contributed by atoms with van der Waals surface area (Å²) in [4.78, 5) is 44.7. The number of esters is 4. The molecule has 0 aromatic heterocycles. The highest BCUT2D eigenvalue weighted by atomic mass is 16.5. The van der Waals surface area contributed by atoms with Gasteiger partial charge in [0.1, 0.15) is 0 Å². The Morgan fingerprint density at radius 3 is 1.27 bits per heavy atom. The van der Waals surface area contributed by atoms with Gasteiger partial charge in [-0.2, -0.15) is 0 Å². The molecule has 0 radical (unpaired) electrons. The number of carbonyl (C=O) groups excluding carboxylic acids is 4. The van der Waals surface area contributed by atoms with Crippen LogP contribution in [-0.2, 0) is 38.1 Å². The maximum absolute atomic E-state index is 11.5. The zero-order valence-electron chi connectivity index (χ0n) is 15.0. The minimum absolute atomic E-state index is 0.247. The molecule has 0 aromatic carbocycles. The minimum Gasteiger partial charge on any atom is -0.466 e. The number of hydrogen-bond acceptors (Lipinski definition) is 8. The molecule has 1 saturated carbocycles. The summed E-state index contributed by atoms with van der Waals surface area (Å²) in [5.41, 5.74) is 0. The number of carbonyl (C=O) groups is 4. The fourth-order valence-corrected chi connectivity index (χ4v) is 2.47. The zero-order valence-corrected chi connectivity index (χ0v) is 15.0. The molecule has 144 valence electrons. The van der Waals surface area contributed by atoms with E-state index in [2.05, 4.69) is 9.47 Å². The molecule has 0 aliphatic heterocycles. The van der Waals surface area contributed by atoms with Crippen molar-refractivity contribution in [3.63, 3.8) is 0 Å². The average Bonchev–Trinajstić information content (AvgIpc) is 2.67. The Morgan fingerprint density at radius 1 is 0.654 bits per heavy atom. The van der Waals surface area contributed by atoms with E-state index in [0.717, 1.165) is 50.0 Å². The standard InChI is InChI=1S/C18H24O8/c1-23-15(19)7-9-17(21)25-11-13-3-5-14(6-4-13)12-26-18(22)10-8-16(20)24-2/h7-10,13-14H,3-6,11-12H2,1-2H3. The van der Waals surface area contributed by atoms with Crippen LogP contribution in [0.3, 0.4) is 0 Å².